The molecule has 1 heterocycles. The Morgan fingerprint density at radius 3 is 2.48 bits per heavy atom. The van der Waals surface area contributed by atoms with Crippen molar-refractivity contribution in [1.29, 1.82) is 0 Å². The average Bonchev–Trinajstić information content (AvgIpc) is 2.57. The second-order valence-electron chi connectivity index (χ2n) is 6.44. The van der Waals surface area contributed by atoms with Gasteiger partial charge in [-0.15, -0.1) is 0 Å². The Hall–Kier alpha value is -1.58. The molecule has 1 aliphatic heterocycles. The zero-order valence-electron chi connectivity index (χ0n) is 16.2. The number of allylic oxidation sites excluding steroid dienone is 2. The Balaban J connectivity index is 0.000000293. The number of carbonyl (C=O) groups is 1. The maximum Gasteiger partial charge on any atom is 0.175 e. The highest BCUT2D eigenvalue weighted by Gasteiger charge is 2.26. The molecule has 0 amide bonds. The lowest BCUT2D eigenvalue weighted by Gasteiger charge is -2.41. The molecule has 3 nitrogen and oxygen atoms in total. The molecule has 1 aromatic carbocycles. The third-order valence-electron chi connectivity index (χ3n) is 4.40. The summed E-state index contributed by atoms with van der Waals surface area (Å²) in [6, 6.07) is 8.36. The molecule has 0 saturated carbocycles. The predicted octanol–water partition coefficient (Wildman–Crippen LogP) is 4.92. The fourth-order valence-electron chi connectivity index (χ4n) is 2.75. The summed E-state index contributed by atoms with van der Waals surface area (Å²) >= 11 is 5.82. The van der Waals surface area contributed by atoms with E-state index in [0.717, 1.165) is 42.3 Å². The normalized spacial score (nSPS) is 18.6. The molecule has 25 heavy (non-hydrogen) atoms. The second kappa shape index (κ2) is 10.4. The van der Waals surface area contributed by atoms with Crippen molar-refractivity contribution < 1.29 is 4.79 Å². The van der Waals surface area contributed by atoms with Crippen LogP contribution in [0.15, 0.2) is 48.3 Å². The number of ketones is 1. The molecular weight excluding hydrogens is 332 g/mol. The summed E-state index contributed by atoms with van der Waals surface area (Å²) in [5.41, 5.74) is 3.03. The molecule has 4 heteroatoms. The minimum Gasteiger partial charge on any atom is -0.340 e. The van der Waals surface area contributed by atoms with Crippen molar-refractivity contribution in [2.75, 3.05) is 20.1 Å². The van der Waals surface area contributed by atoms with Gasteiger partial charge in [-0.3, -0.25) is 9.69 Å². The minimum absolute atomic E-state index is 0.125. The van der Waals surface area contributed by atoms with Crippen molar-refractivity contribution in [2.24, 2.45) is 0 Å². The van der Waals surface area contributed by atoms with Gasteiger partial charge in [-0.2, -0.15) is 0 Å². The smallest absolute Gasteiger partial charge is 0.175 e. The summed E-state index contributed by atoms with van der Waals surface area (Å²) in [5, 5.41) is 0.875. The molecule has 1 unspecified atom stereocenters. The summed E-state index contributed by atoms with van der Waals surface area (Å²) in [7, 11) is 2.09. The minimum atomic E-state index is 0.125. The largest absolute Gasteiger partial charge is 0.340 e. The third-order valence-corrected chi connectivity index (χ3v) is 4.77. The number of piperazine rings is 1. The van der Waals surface area contributed by atoms with Gasteiger partial charge in [-0.25, -0.2) is 0 Å². The maximum absolute atomic E-state index is 11.6. The van der Waals surface area contributed by atoms with Gasteiger partial charge in [0.2, 0.25) is 0 Å². The number of Topliss-reactive ketones (excluding diaryl/α,β-unsaturated/α-hetero) is 1. The van der Waals surface area contributed by atoms with Gasteiger partial charge in [0.1, 0.15) is 0 Å². The van der Waals surface area contributed by atoms with Crippen molar-refractivity contribution in [1.82, 2.24) is 9.80 Å². The van der Waals surface area contributed by atoms with Gasteiger partial charge >= 0.3 is 0 Å². The number of carbonyl (C=O) groups excluding carboxylic acids is 1. The molecule has 1 fully saturated rings. The van der Waals surface area contributed by atoms with Crippen LogP contribution in [-0.2, 0) is 11.2 Å². The number of likely N-dealkylation sites (N-methyl/N-ethyl adjacent to an activating group) is 1. The maximum atomic E-state index is 11.6. The van der Waals surface area contributed by atoms with E-state index in [2.05, 4.69) is 37.3 Å². The van der Waals surface area contributed by atoms with Gasteiger partial charge in [0.25, 0.3) is 0 Å². The Bertz CT molecular complexity index is 624. The van der Waals surface area contributed by atoms with Crippen molar-refractivity contribution in [3.05, 3.63) is 58.9 Å². The zero-order valence-corrected chi connectivity index (χ0v) is 16.9. The lowest BCUT2D eigenvalue weighted by atomic mass is 10.1. The van der Waals surface area contributed by atoms with Crippen LogP contribution in [0.25, 0.3) is 0 Å². The number of rotatable bonds is 4. The van der Waals surface area contributed by atoms with Crippen molar-refractivity contribution in [3.63, 3.8) is 0 Å². The van der Waals surface area contributed by atoms with Gasteiger partial charge in [0.05, 0.1) is 5.70 Å². The molecule has 2 rings (SSSR count). The lowest BCUT2D eigenvalue weighted by molar-refractivity contribution is -0.115. The van der Waals surface area contributed by atoms with Crippen LogP contribution >= 0.6 is 11.6 Å². The van der Waals surface area contributed by atoms with E-state index < -0.39 is 0 Å². The Labute approximate surface area is 158 Å². The van der Waals surface area contributed by atoms with Crippen LogP contribution in [0.4, 0.5) is 0 Å². The average molecular weight is 363 g/mol. The van der Waals surface area contributed by atoms with E-state index in [-0.39, 0.29) is 5.78 Å². The van der Waals surface area contributed by atoms with E-state index in [0.29, 0.717) is 6.04 Å². The van der Waals surface area contributed by atoms with E-state index in [1.165, 1.54) is 5.56 Å². The quantitative estimate of drug-likeness (QED) is 0.710. The van der Waals surface area contributed by atoms with Gasteiger partial charge < -0.3 is 4.90 Å². The molecule has 0 aromatic heterocycles. The number of hydrogen-bond acceptors (Lipinski definition) is 3. The molecular formula is C21H31ClN2O. The van der Waals surface area contributed by atoms with Crippen LogP contribution in [0.1, 0.15) is 39.7 Å². The summed E-state index contributed by atoms with van der Waals surface area (Å²) < 4.78 is 0. The van der Waals surface area contributed by atoms with Crippen molar-refractivity contribution in [2.45, 2.75) is 46.6 Å². The number of benzene rings is 1. The molecule has 0 radical (unpaired) electrons. The van der Waals surface area contributed by atoms with Crippen LogP contribution in [0, 0.1) is 0 Å². The molecule has 0 spiro atoms. The predicted molar refractivity (Wildman–Crippen MR) is 108 cm³/mol. The topological polar surface area (TPSA) is 23.6 Å². The van der Waals surface area contributed by atoms with E-state index in [1.54, 1.807) is 6.92 Å². The monoisotopic (exact) mass is 362 g/mol. The van der Waals surface area contributed by atoms with E-state index >= 15 is 0 Å². The molecule has 0 N–H and O–H groups in total. The highest BCUT2D eigenvalue weighted by atomic mass is 35.5. The lowest BCUT2D eigenvalue weighted by Crippen LogP contribution is -2.48. The summed E-state index contributed by atoms with van der Waals surface area (Å²) in [6.45, 7) is 13.7. The van der Waals surface area contributed by atoms with Crippen LogP contribution in [-0.4, -0.2) is 41.8 Å². The Morgan fingerprint density at radius 1 is 1.36 bits per heavy atom. The van der Waals surface area contributed by atoms with E-state index in [1.807, 2.05) is 37.3 Å². The summed E-state index contributed by atoms with van der Waals surface area (Å²) in [5.74, 6) is 0.125. The fraction of sp³-hybridized carbons (Fsp3) is 0.476. The molecule has 0 bridgehead atoms. The van der Waals surface area contributed by atoms with E-state index in [9.17, 15) is 4.79 Å². The first kappa shape index (κ1) is 21.5. The highest BCUT2D eigenvalue weighted by molar-refractivity contribution is 6.31. The number of aryl methyl sites for hydroxylation is 1. The summed E-state index contributed by atoms with van der Waals surface area (Å²) in [4.78, 5) is 15.9. The third kappa shape index (κ3) is 6.33. The van der Waals surface area contributed by atoms with Crippen LogP contribution in [0.2, 0.25) is 5.02 Å². The van der Waals surface area contributed by atoms with Gasteiger partial charge in [-0.05, 0) is 38.4 Å². The van der Waals surface area contributed by atoms with Gasteiger partial charge in [0.15, 0.2) is 5.78 Å². The first-order valence-electron chi connectivity index (χ1n) is 8.91. The molecule has 1 atom stereocenters. The van der Waals surface area contributed by atoms with Gasteiger partial charge in [0, 0.05) is 36.8 Å². The first-order chi connectivity index (χ1) is 11.8. The molecule has 138 valence electrons. The Morgan fingerprint density at radius 2 is 2.00 bits per heavy atom. The summed E-state index contributed by atoms with van der Waals surface area (Å²) in [6.07, 6.45) is 3.88. The van der Waals surface area contributed by atoms with Crippen LogP contribution < -0.4 is 0 Å². The zero-order chi connectivity index (χ0) is 19.0. The fourth-order valence-corrected chi connectivity index (χ4v) is 3.02. The number of nitrogens with zero attached hydrogens (tertiary/aromatic N) is 2. The molecule has 1 aromatic rings. The SMILES string of the molecule is C=C1CN(C)C(C)CN1/C(=C\CC)C(C)=O.CCc1ccccc1Cl. The number of halogens is 1. The van der Waals surface area contributed by atoms with Gasteiger partial charge in [-0.1, -0.05) is 56.3 Å². The standard InChI is InChI=1S/C13H22N2O.C8H9Cl/c1-6-7-13(12(4)16)15-9-10(2)14(5)8-11(15)3;1-2-7-5-3-4-6-8(7)9/h7,10H,3,6,8-9H2,1-2,4-5H3;3-6H,2H2,1H3/b13-7-;. The first-order valence-corrected chi connectivity index (χ1v) is 9.29. The van der Waals surface area contributed by atoms with E-state index in [4.69, 9.17) is 11.6 Å². The van der Waals surface area contributed by atoms with Crippen LogP contribution in [0.5, 0.6) is 0 Å². The number of hydrogen-bond donors (Lipinski definition) is 0. The highest BCUT2D eigenvalue weighted by Crippen LogP contribution is 2.21. The Kier molecular flexibility index (Phi) is 8.95. The molecule has 1 saturated heterocycles. The van der Waals surface area contributed by atoms with Crippen LogP contribution in [0.3, 0.4) is 0 Å². The second-order valence-corrected chi connectivity index (χ2v) is 6.85. The van der Waals surface area contributed by atoms with Crippen molar-refractivity contribution >= 4 is 17.4 Å². The van der Waals surface area contributed by atoms with Crippen molar-refractivity contribution in [3.8, 4) is 0 Å². The molecule has 0 aliphatic carbocycles. The molecule has 1 aliphatic rings.